The van der Waals surface area contributed by atoms with Gasteiger partial charge in [0.1, 0.15) is 11.4 Å². The molecule has 0 fully saturated rings. The zero-order valence-electron chi connectivity index (χ0n) is 16.7. The number of hydrogen-bond donors (Lipinski definition) is 2. The number of aromatic amines is 1. The summed E-state index contributed by atoms with van der Waals surface area (Å²) in [6.07, 6.45) is 5.62. The lowest BCUT2D eigenvalue weighted by molar-refractivity contribution is -0.134. The number of Topliss-reactive ketones (excluding diaryl/α,β-unsaturated/α-hetero) is 1. The molecule has 2 aliphatic rings. The van der Waals surface area contributed by atoms with Gasteiger partial charge in [-0.15, -0.1) is 0 Å². The first-order valence-electron chi connectivity index (χ1n) is 9.80. The van der Waals surface area contributed by atoms with Gasteiger partial charge in [0.2, 0.25) is 11.7 Å². The van der Waals surface area contributed by atoms with Gasteiger partial charge in [-0.2, -0.15) is 0 Å². The molecular formula is C23H19N3O5. The van der Waals surface area contributed by atoms with Crippen molar-refractivity contribution in [1.29, 1.82) is 0 Å². The lowest BCUT2D eigenvalue weighted by Crippen LogP contribution is -2.31. The molecule has 5 rings (SSSR count). The molecule has 0 atom stereocenters. The van der Waals surface area contributed by atoms with Gasteiger partial charge < -0.3 is 24.5 Å². The molecule has 8 heteroatoms. The topological polar surface area (TPSA) is 105 Å². The first-order valence-corrected chi connectivity index (χ1v) is 9.80. The number of pyridine rings is 1. The molecule has 1 aromatic carbocycles. The molecule has 156 valence electrons. The molecule has 2 N–H and O–H groups in total. The van der Waals surface area contributed by atoms with Crippen LogP contribution in [0.15, 0.2) is 59.9 Å². The Hall–Kier alpha value is -4.07. The molecule has 0 saturated heterocycles. The van der Waals surface area contributed by atoms with Crippen LogP contribution in [0.4, 0.5) is 0 Å². The Balaban J connectivity index is 1.48. The van der Waals surface area contributed by atoms with E-state index in [2.05, 4.69) is 9.97 Å². The number of carboxylic acids is 1. The van der Waals surface area contributed by atoms with Gasteiger partial charge in [0.15, 0.2) is 11.3 Å². The van der Waals surface area contributed by atoms with Crippen LogP contribution in [-0.4, -0.2) is 45.4 Å². The van der Waals surface area contributed by atoms with Crippen LogP contribution in [0.5, 0.6) is 5.75 Å². The SMILES string of the molecule is COc1ccc2c(c1)CCN(C1=C(C(=O)O)C(=O)/C(=C/c3c[nH]c4ncccc34)O1)C2. The maximum atomic E-state index is 12.9. The highest BCUT2D eigenvalue weighted by Crippen LogP contribution is 2.34. The highest BCUT2D eigenvalue weighted by molar-refractivity contribution is 6.26. The van der Waals surface area contributed by atoms with E-state index in [0.717, 1.165) is 22.3 Å². The van der Waals surface area contributed by atoms with Gasteiger partial charge in [-0.25, -0.2) is 9.78 Å². The van der Waals surface area contributed by atoms with Crippen molar-refractivity contribution in [2.45, 2.75) is 13.0 Å². The normalized spacial score (nSPS) is 17.3. The van der Waals surface area contributed by atoms with Gasteiger partial charge in [0.05, 0.1) is 7.11 Å². The Morgan fingerprint density at radius 3 is 3.00 bits per heavy atom. The van der Waals surface area contributed by atoms with Crippen LogP contribution in [-0.2, 0) is 27.3 Å². The number of fused-ring (bicyclic) bond motifs is 2. The lowest BCUT2D eigenvalue weighted by Gasteiger charge is -2.30. The number of ether oxygens (including phenoxy) is 2. The third kappa shape index (κ3) is 3.22. The zero-order chi connectivity index (χ0) is 21.5. The number of hydrogen-bond acceptors (Lipinski definition) is 6. The van der Waals surface area contributed by atoms with Crippen LogP contribution in [0.2, 0.25) is 0 Å². The molecular weight excluding hydrogens is 398 g/mol. The maximum absolute atomic E-state index is 12.9. The Bertz CT molecular complexity index is 1290. The largest absolute Gasteiger partial charge is 0.497 e. The van der Waals surface area contributed by atoms with Crippen molar-refractivity contribution in [1.82, 2.24) is 14.9 Å². The summed E-state index contributed by atoms with van der Waals surface area (Å²) in [5.41, 5.74) is 3.21. The summed E-state index contributed by atoms with van der Waals surface area (Å²) in [5, 5.41) is 10.5. The van der Waals surface area contributed by atoms with Gasteiger partial charge >= 0.3 is 5.97 Å². The lowest BCUT2D eigenvalue weighted by atomic mass is 9.99. The van der Waals surface area contributed by atoms with E-state index in [1.54, 1.807) is 36.5 Å². The number of benzene rings is 1. The first kappa shape index (κ1) is 18.9. The molecule has 0 amide bonds. The molecule has 0 radical (unpaired) electrons. The number of ketones is 1. The molecule has 0 spiro atoms. The van der Waals surface area contributed by atoms with E-state index in [9.17, 15) is 14.7 Å². The predicted molar refractivity (Wildman–Crippen MR) is 112 cm³/mol. The van der Waals surface area contributed by atoms with Crippen LogP contribution in [0.25, 0.3) is 17.1 Å². The number of carboxylic acid groups (broad SMARTS) is 1. The Kier molecular flexibility index (Phi) is 4.47. The van der Waals surface area contributed by atoms with E-state index in [0.29, 0.717) is 30.7 Å². The zero-order valence-corrected chi connectivity index (χ0v) is 16.7. The Morgan fingerprint density at radius 2 is 2.19 bits per heavy atom. The number of nitrogens with one attached hydrogen (secondary N) is 1. The van der Waals surface area contributed by atoms with Crippen LogP contribution in [0.1, 0.15) is 16.7 Å². The summed E-state index contributed by atoms with van der Waals surface area (Å²) in [5.74, 6) is -1.09. The van der Waals surface area contributed by atoms with Crippen molar-refractivity contribution in [3.63, 3.8) is 0 Å². The number of rotatable bonds is 4. The van der Waals surface area contributed by atoms with Crippen LogP contribution < -0.4 is 4.74 Å². The number of H-pyrrole nitrogens is 1. The molecule has 3 aromatic rings. The van der Waals surface area contributed by atoms with E-state index < -0.39 is 11.8 Å². The number of methoxy groups -OCH3 is 1. The standard InChI is InChI=1S/C23H19N3O5/c1-30-16-5-4-14-12-26(8-6-13(14)9-16)22-19(23(28)29)20(27)18(31-22)10-15-11-25-21-17(15)3-2-7-24-21/h2-5,7,9-11H,6,8,12H2,1H3,(H,24,25)(H,28,29)/b18-10-. The summed E-state index contributed by atoms with van der Waals surface area (Å²) >= 11 is 0. The van der Waals surface area contributed by atoms with Gasteiger partial charge in [-0.3, -0.25) is 4.79 Å². The van der Waals surface area contributed by atoms with Crippen molar-refractivity contribution in [3.05, 3.63) is 76.6 Å². The fraction of sp³-hybridized carbons (Fsp3) is 0.174. The number of carbonyl (C=O) groups is 2. The van der Waals surface area contributed by atoms with Crippen molar-refractivity contribution < 1.29 is 24.2 Å². The molecule has 4 heterocycles. The summed E-state index contributed by atoms with van der Waals surface area (Å²) in [6, 6.07) is 9.46. The first-order chi connectivity index (χ1) is 15.0. The minimum absolute atomic E-state index is 0.0160. The minimum Gasteiger partial charge on any atom is -0.497 e. The summed E-state index contributed by atoms with van der Waals surface area (Å²) in [4.78, 5) is 33.9. The van der Waals surface area contributed by atoms with Crippen LogP contribution in [0, 0.1) is 0 Å². The van der Waals surface area contributed by atoms with Crippen molar-refractivity contribution in [3.8, 4) is 5.75 Å². The van der Waals surface area contributed by atoms with Gasteiger partial charge in [0, 0.05) is 36.4 Å². The second-order valence-corrected chi connectivity index (χ2v) is 7.37. The highest BCUT2D eigenvalue weighted by atomic mass is 16.5. The second-order valence-electron chi connectivity index (χ2n) is 7.37. The highest BCUT2D eigenvalue weighted by Gasteiger charge is 2.39. The number of carbonyl (C=O) groups excluding carboxylic acids is 1. The third-order valence-corrected chi connectivity index (χ3v) is 5.57. The summed E-state index contributed by atoms with van der Waals surface area (Å²) in [7, 11) is 1.62. The second kappa shape index (κ2) is 7.32. The van der Waals surface area contributed by atoms with Crippen LogP contribution >= 0.6 is 0 Å². The Morgan fingerprint density at radius 1 is 1.32 bits per heavy atom. The molecule has 31 heavy (non-hydrogen) atoms. The van der Waals surface area contributed by atoms with Gasteiger partial charge in [0.25, 0.3) is 0 Å². The molecule has 0 saturated carbocycles. The number of aromatic nitrogens is 2. The number of nitrogens with zero attached hydrogens (tertiary/aromatic N) is 2. The predicted octanol–water partition coefficient (Wildman–Crippen LogP) is 2.87. The quantitative estimate of drug-likeness (QED) is 0.497. The average Bonchev–Trinajstić information content (AvgIpc) is 3.34. The minimum atomic E-state index is -1.30. The van der Waals surface area contributed by atoms with Crippen molar-refractivity contribution >= 4 is 28.9 Å². The molecule has 0 unspecified atom stereocenters. The maximum Gasteiger partial charge on any atom is 0.345 e. The summed E-state index contributed by atoms with van der Waals surface area (Å²) < 4.78 is 11.1. The molecule has 0 bridgehead atoms. The molecule has 8 nitrogen and oxygen atoms in total. The van der Waals surface area contributed by atoms with E-state index in [4.69, 9.17) is 9.47 Å². The molecule has 2 aliphatic heterocycles. The number of allylic oxidation sites excluding steroid dienone is 1. The van der Waals surface area contributed by atoms with E-state index in [1.165, 1.54) is 0 Å². The van der Waals surface area contributed by atoms with E-state index in [-0.39, 0.29) is 17.2 Å². The fourth-order valence-electron chi connectivity index (χ4n) is 4.00. The van der Waals surface area contributed by atoms with Gasteiger partial charge in [-0.05, 0) is 47.9 Å². The van der Waals surface area contributed by atoms with E-state index >= 15 is 0 Å². The average molecular weight is 417 g/mol. The van der Waals surface area contributed by atoms with E-state index in [1.807, 2.05) is 24.3 Å². The number of aliphatic carboxylic acids is 1. The third-order valence-electron chi connectivity index (χ3n) is 5.57. The summed E-state index contributed by atoms with van der Waals surface area (Å²) in [6.45, 7) is 0.979. The Labute approximate surface area is 177 Å². The monoisotopic (exact) mass is 417 g/mol. The smallest absolute Gasteiger partial charge is 0.345 e. The van der Waals surface area contributed by atoms with Crippen LogP contribution in [0.3, 0.4) is 0 Å². The molecule has 2 aromatic heterocycles. The van der Waals surface area contributed by atoms with Gasteiger partial charge in [-0.1, -0.05) is 6.07 Å². The fourth-order valence-corrected chi connectivity index (χ4v) is 4.00. The van der Waals surface area contributed by atoms with Crippen molar-refractivity contribution in [2.24, 2.45) is 0 Å². The van der Waals surface area contributed by atoms with Crippen molar-refractivity contribution in [2.75, 3.05) is 13.7 Å². The molecule has 0 aliphatic carbocycles.